The van der Waals surface area contributed by atoms with Gasteiger partial charge in [-0.25, -0.2) is 0 Å². The summed E-state index contributed by atoms with van der Waals surface area (Å²) in [6.45, 7) is 0. The highest BCUT2D eigenvalue weighted by Crippen LogP contribution is 2.45. The first-order valence-corrected chi connectivity index (χ1v) is 43.4. The zero-order valence-corrected chi connectivity index (χ0v) is 68.7. The Bertz CT molecular complexity index is 9090. The smallest absolute Gasteiger partial charge is 0.0709 e. The van der Waals surface area contributed by atoms with E-state index in [1.54, 1.807) is 0 Å². The molecule has 0 aliphatic carbocycles. The standard InChI is InChI=1S/3C40H26N2/c1-2-11-27(12-3-1)28-21-23-31(24-22-28)41-36-19-8-6-15-32(36)34-17-10-18-35-33-16-7-9-20-37(33)42(40(34)35)39-26-30-14-5-4-13-29(30)25-38(39)41;1-2-11-27(12-3-1)28-21-24-30(25-22-28)41-35-18-7-6-15-32(35)33-16-10-17-34-39-31-14-5-4-13-29(31)23-26-38(39)42(40(33)34)37-20-9-8-19-36(37)41;1-2-11-27(12-3-1)28-21-23-31(24-22-28)41-37-19-8-9-20-38(37)42-36-18-7-6-15-32(36)33-16-10-17-34(40(33)42)35-25-29-13-4-5-14-30(29)26-39(35)41/h3*1-26H. The largest absolute Gasteiger partial charge is 0.308 e. The third-order valence-electron chi connectivity index (χ3n) is 26.1. The average Bonchev–Trinajstić information content (AvgIpc) is 1.56. The van der Waals surface area contributed by atoms with E-state index in [1.165, 1.54) is 197 Å². The molecule has 6 nitrogen and oxygen atoms in total. The second kappa shape index (κ2) is 29.5. The molecule has 0 saturated heterocycles. The maximum absolute atomic E-state index is 2.49. The summed E-state index contributed by atoms with van der Waals surface area (Å²) >= 11 is 0. The molecule has 0 saturated carbocycles. The van der Waals surface area contributed by atoms with Crippen LogP contribution in [0.5, 0.6) is 0 Å². The third kappa shape index (κ3) is 11.6. The molecule has 6 heterocycles. The van der Waals surface area contributed by atoms with E-state index in [-0.39, 0.29) is 0 Å². The molecular formula is C120H78N6. The SMILES string of the molecule is c1ccc(-c2ccc(-n3c4cc5ccccc5cc4c4cccc5c6ccccc6n(c6ccccc63)c45)cc2)cc1.c1ccc(-c2ccc(-n3c4ccccc4c4cccc5c6c7ccccc7ccc6n(c6ccccc63)c45)cc2)cc1.c1ccc(-c2ccc(-n3c4ccccc4c4cccc5c6ccccc6n(c6cc7ccccc7cc63)c45)cc2)cc1. The van der Waals surface area contributed by atoms with Gasteiger partial charge in [-0.1, -0.05) is 358 Å². The van der Waals surface area contributed by atoms with Crippen LogP contribution in [0.4, 0.5) is 0 Å². The molecule has 0 N–H and O–H groups in total. The fourth-order valence-electron chi connectivity index (χ4n) is 20.5. The van der Waals surface area contributed by atoms with Crippen LogP contribution in [0.1, 0.15) is 0 Å². The lowest BCUT2D eigenvalue weighted by Crippen LogP contribution is -2.01. The van der Waals surface area contributed by atoms with Crippen molar-refractivity contribution in [1.29, 1.82) is 0 Å². The summed E-state index contributed by atoms with van der Waals surface area (Å²) in [4.78, 5) is 0. The number of hydrogen-bond donors (Lipinski definition) is 0. The van der Waals surface area contributed by atoms with E-state index >= 15 is 0 Å². The van der Waals surface area contributed by atoms with Gasteiger partial charge in [0.15, 0.2) is 0 Å². The summed E-state index contributed by atoms with van der Waals surface area (Å²) < 4.78 is 14.8. The number of nitrogens with zero attached hydrogens (tertiary/aromatic N) is 6. The minimum Gasteiger partial charge on any atom is -0.308 e. The molecule has 27 aromatic rings. The van der Waals surface area contributed by atoms with Gasteiger partial charge in [-0.2, -0.15) is 0 Å². The second-order valence-electron chi connectivity index (χ2n) is 33.0. The molecule has 6 aromatic heterocycles. The van der Waals surface area contributed by atoms with Gasteiger partial charge < -0.3 is 26.9 Å². The Morgan fingerprint density at radius 2 is 0.389 bits per heavy atom. The topological polar surface area (TPSA) is 28.0 Å². The number of para-hydroxylation sites is 11. The second-order valence-corrected chi connectivity index (χ2v) is 33.0. The van der Waals surface area contributed by atoms with Crippen molar-refractivity contribution in [2.75, 3.05) is 0 Å². The third-order valence-corrected chi connectivity index (χ3v) is 26.1. The van der Waals surface area contributed by atoms with Crippen molar-refractivity contribution in [3.8, 4) is 50.4 Å². The Morgan fingerprint density at radius 3 is 0.825 bits per heavy atom. The molecule has 27 rings (SSSR count). The molecule has 0 aliphatic rings. The lowest BCUT2D eigenvalue weighted by atomic mass is 10.0. The van der Waals surface area contributed by atoms with Crippen LogP contribution in [-0.2, 0) is 0 Å². The predicted molar refractivity (Wildman–Crippen MR) is 536 cm³/mol. The molecule has 6 heteroatoms. The van der Waals surface area contributed by atoms with Crippen molar-refractivity contribution in [1.82, 2.24) is 26.9 Å². The highest BCUT2D eigenvalue weighted by molar-refractivity contribution is 6.28. The average molecular weight is 1600 g/mol. The lowest BCUT2D eigenvalue weighted by Gasteiger charge is -2.18. The van der Waals surface area contributed by atoms with Gasteiger partial charge in [0.05, 0.1) is 82.8 Å². The van der Waals surface area contributed by atoms with Gasteiger partial charge in [0.2, 0.25) is 0 Å². The molecule has 0 unspecified atom stereocenters. The van der Waals surface area contributed by atoms with E-state index in [1.807, 2.05) is 0 Å². The van der Waals surface area contributed by atoms with Crippen LogP contribution < -0.4 is 0 Å². The van der Waals surface area contributed by atoms with Gasteiger partial charge in [-0.3, -0.25) is 0 Å². The first kappa shape index (κ1) is 72.1. The van der Waals surface area contributed by atoms with Crippen LogP contribution in [0.15, 0.2) is 473 Å². The van der Waals surface area contributed by atoms with Gasteiger partial charge in [-0.05, 0) is 181 Å². The van der Waals surface area contributed by atoms with Crippen molar-refractivity contribution in [2.45, 2.75) is 0 Å². The van der Waals surface area contributed by atoms with E-state index in [2.05, 4.69) is 500 Å². The van der Waals surface area contributed by atoms with Gasteiger partial charge in [0.1, 0.15) is 0 Å². The summed E-state index contributed by atoms with van der Waals surface area (Å²) in [6.07, 6.45) is 0. The maximum atomic E-state index is 2.49. The van der Waals surface area contributed by atoms with Crippen LogP contribution in [0.2, 0.25) is 0 Å². The van der Waals surface area contributed by atoms with Crippen LogP contribution in [-0.4, -0.2) is 26.9 Å². The molecule has 0 bridgehead atoms. The fraction of sp³-hybridized carbons (Fsp3) is 0. The van der Waals surface area contributed by atoms with Crippen LogP contribution in [0.25, 0.3) is 230 Å². The minimum atomic E-state index is 1.13. The molecule has 0 radical (unpaired) electrons. The molecular weight excluding hydrogens is 1530 g/mol. The van der Waals surface area contributed by atoms with E-state index in [4.69, 9.17) is 0 Å². The normalized spacial score (nSPS) is 11.8. The molecule has 0 amide bonds. The summed E-state index contributed by atoms with van der Waals surface area (Å²) in [5.74, 6) is 0. The predicted octanol–water partition coefficient (Wildman–Crippen LogP) is 32.2. The minimum absolute atomic E-state index is 1.13. The summed E-state index contributed by atoms with van der Waals surface area (Å²) in [6, 6.07) is 172. The molecule has 21 aromatic carbocycles. The van der Waals surface area contributed by atoms with Gasteiger partial charge in [-0.15, -0.1) is 0 Å². The van der Waals surface area contributed by atoms with Crippen molar-refractivity contribution in [3.63, 3.8) is 0 Å². The molecule has 0 aliphatic heterocycles. The van der Waals surface area contributed by atoms with Crippen molar-refractivity contribution in [3.05, 3.63) is 473 Å². The number of hydrogen-bond acceptors (Lipinski definition) is 0. The Morgan fingerprint density at radius 1 is 0.119 bits per heavy atom. The van der Waals surface area contributed by atoms with E-state index in [0.29, 0.717) is 0 Å². The highest BCUT2D eigenvalue weighted by atomic mass is 15.0. The maximum Gasteiger partial charge on any atom is 0.0709 e. The molecule has 0 spiro atoms. The number of fused-ring (bicyclic) bond motifs is 25. The van der Waals surface area contributed by atoms with Gasteiger partial charge >= 0.3 is 0 Å². The summed E-state index contributed by atoms with van der Waals surface area (Å²) in [5, 5.41) is 22.5. The monoisotopic (exact) mass is 1600 g/mol. The Balaban J connectivity index is 0.000000103. The number of rotatable bonds is 6. The van der Waals surface area contributed by atoms with Crippen LogP contribution in [0.3, 0.4) is 0 Å². The van der Waals surface area contributed by atoms with Crippen LogP contribution in [0, 0.1) is 0 Å². The Kier molecular flexibility index (Phi) is 16.9. The zero-order chi connectivity index (χ0) is 82.9. The van der Waals surface area contributed by atoms with Crippen LogP contribution >= 0.6 is 0 Å². The molecule has 588 valence electrons. The fourth-order valence-corrected chi connectivity index (χ4v) is 20.5. The zero-order valence-electron chi connectivity index (χ0n) is 68.7. The van der Waals surface area contributed by atoms with E-state index in [9.17, 15) is 0 Å². The van der Waals surface area contributed by atoms with Gasteiger partial charge in [0.25, 0.3) is 0 Å². The number of aromatic nitrogens is 6. The van der Waals surface area contributed by atoms with Crippen molar-refractivity contribution >= 4 is 180 Å². The lowest BCUT2D eigenvalue weighted by molar-refractivity contribution is 1.16. The van der Waals surface area contributed by atoms with Crippen molar-refractivity contribution in [2.24, 2.45) is 0 Å². The highest BCUT2D eigenvalue weighted by Gasteiger charge is 2.23. The Labute approximate surface area is 725 Å². The van der Waals surface area contributed by atoms with Crippen molar-refractivity contribution < 1.29 is 0 Å². The van der Waals surface area contributed by atoms with E-state index in [0.717, 1.165) is 33.6 Å². The quantitative estimate of drug-likeness (QED) is 0.159. The Hall–Kier alpha value is -16.8. The van der Waals surface area contributed by atoms with E-state index < -0.39 is 0 Å². The first-order valence-electron chi connectivity index (χ1n) is 43.4. The summed E-state index contributed by atoms with van der Waals surface area (Å²) in [7, 11) is 0. The molecule has 126 heavy (non-hydrogen) atoms. The summed E-state index contributed by atoms with van der Waals surface area (Å²) in [5.41, 5.74) is 28.6. The molecule has 0 fully saturated rings. The molecule has 0 atom stereocenters. The van der Waals surface area contributed by atoms with Gasteiger partial charge in [0, 0.05) is 81.7 Å². The number of benzene rings is 21. The first-order chi connectivity index (χ1) is 62.6.